The molecule has 0 unspecified atom stereocenters. The summed E-state index contributed by atoms with van der Waals surface area (Å²) in [4.78, 5) is 30.8. The Morgan fingerprint density at radius 3 is 2.48 bits per heavy atom. The Bertz CT molecular complexity index is 890. The van der Waals surface area contributed by atoms with E-state index in [1.54, 1.807) is 12.1 Å². The molecular weight excluding hydrogens is 366 g/mol. The molecule has 2 aliphatic heterocycles. The minimum Gasteiger partial charge on any atom is -0.506 e. The standard InChI is InChI=1S/C23H27N3O3/c27-21-9-2-1-8-20(21)25-14-12-24(13-15-25)17-18-6-5-7-19(16-18)23(29)26-11-4-3-10-22(26)28/h1-2,5-9,16,27H,3-4,10-15,17H2. The molecule has 2 aromatic rings. The van der Waals surface area contributed by atoms with Gasteiger partial charge in [0.15, 0.2) is 0 Å². The SMILES string of the molecule is O=C1CCCCN1C(=O)c1cccc(CN2CCN(c3ccccc3O)CC2)c1. The molecule has 0 aromatic heterocycles. The van der Waals surface area contributed by atoms with Crippen LogP contribution in [0.4, 0.5) is 5.69 Å². The largest absolute Gasteiger partial charge is 0.506 e. The number of anilines is 1. The van der Waals surface area contributed by atoms with Crippen molar-refractivity contribution in [1.29, 1.82) is 0 Å². The number of carbonyl (C=O) groups excluding carboxylic acids is 2. The number of likely N-dealkylation sites (tertiary alicyclic amines) is 1. The molecule has 4 rings (SSSR count). The molecule has 2 aliphatic rings. The fourth-order valence-corrected chi connectivity index (χ4v) is 4.12. The van der Waals surface area contributed by atoms with Gasteiger partial charge in [0, 0.05) is 51.3 Å². The highest BCUT2D eigenvalue weighted by atomic mass is 16.3. The van der Waals surface area contributed by atoms with Gasteiger partial charge in [0.05, 0.1) is 5.69 Å². The average molecular weight is 393 g/mol. The van der Waals surface area contributed by atoms with Gasteiger partial charge in [-0.25, -0.2) is 0 Å². The van der Waals surface area contributed by atoms with Crippen molar-refractivity contribution in [2.45, 2.75) is 25.8 Å². The molecule has 0 spiro atoms. The molecule has 152 valence electrons. The van der Waals surface area contributed by atoms with Gasteiger partial charge in [-0.15, -0.1) is 0 Å². The number of hydrogen-bond donors (Lipinski definition) is 1. The predicted octanol–water partition coefficient (Wildman–Crippen LogP) is 2.87. The monoisotopic (exact) mass is 393 g/mol. The van der Waals surface area contributed by atoms with Gasteiger partial charge in [0.2, 0.25) is 5.91 Å². The minimum atomic E-state index is -0.180. The van der Waals surface area contributed by atoms with Gasteiger partial charge < -0.3 is 10.0 Å². The van der Waals surface area contributed by atoms with Crippen LogP contribution in [0.5, 0.6) is 5.75 Å². The number of benzene rings is 2. The second kappa shape index (κ2) is 8.66. The second-order valence-electron chi connectivity index (χ2n) is 7.76. The van der Waals surface area contributed by atoms with E-state index in [0.717, 1.165) is 56.8 Å². The van der Waals surface area contributed by atoms with Crippen molar-refractivity contribution in [3.05, 3.63) is 59.7 Å². The van der Waals surface area contributed by atoms with Crippen LogP contribution < -0.4 is 4.90 Å². The topological polar surface area (TPSA) is 64.1 Å². The van der Waals surface area contributed by atoms with Crippen LogP contribution in [0.1, 0.15) is 35.2 Å². The molecule has 2 aromatic carbocycles. The third-order valence-corrected chi connectivity index (χ3v) is 5.74. The smallest absolute Gasteiger partial charge is 0.260 e. The summed E-state index contributed by atoms with van der Waals surface area (Å²) in [7, 11) is 0. The Labute approximate surface area is 171 Å². The van der Waals surface area contributed by atoms with E-state index in [2.05, 4.69) is 9.80 Å². The summed E-state index contributed by atoms with van der Waals surface area (Å²) in [6.45, 7) is 4.76. The third kappa shape index (κ3) is 4.43. The number of phenolic OH excluding ortho intramolecular Hbond substituents is 1. The minimum absolute atomic E-state index is 0.0630. The number of piperazine rings is 1. The highest BCUT2D eigenvalue weighted by Crippen LogP contribution is 2.27. The van der Waals surface area contributed by atoms with Crippen molar-refractivity contribution in [1.82, 2.24) is 9.80 Å². The summed E-state index contributed by atoms with van der Waals surface area (Å²) in [5.74, 6) is 0.0762. The molecule has 2 amide bonds. The molecule has 1 N–H and O–H groups in total. The summed E-state index contributed by atoms with van der Waals surface area (Å²) in [6, 6.07) is 15.1. The number of para-hydroxylation sites is 2. The second-order valence-corrected chi connectivity index (χ2v) is 7.76. The zero-order chi connectivity index (χ0) is 20.2. The summed E-state index contributed by atoms with van der Waals surface area (Å²) in [5.41, 5.74) is 2.55. The van der Waals surface area contributed by atoms with Gasteiger partial charge in [-0.05, 0) is 42.7 Å². The van der Waals surface area contributed by atoms with E-state index < -0.39 is 0 Å². The van der Waals surface area contributed by atoms with E-state index >= 15 is 0 Å². The molecule has 0 bridgehead atoms. The van der Waals surface area contributed by atoms with Crippen molar-refractivity contribution in [3.63, 3.8) is 0 Å². The number of rotatable bonds is 4. The molecule has 0 saturated carbocycles. The van der Waals surface area contributed by atoms with Crippen LogP contribution in [0.2, 0.25) is 0 Å². The Balaban J connectivity index is 1.37. The van der Waals surface area contributed by atoms with Gasteiger partial charge >= 0.3 is 0 Å². The van der Waals surface area contributed by atoms with Gasteiger partial charge in [0.25, 0.3) is 5.91 Å². The fraction of sp³-hybridized carbons (Fsp3) is 0.391. The van der Waals surface area contributed by atoms with E-state index in [1.807, 2.05) is 36.4 Å². The fourth-order valence-electron chi connectivity index (χ4n) is 4.12. The summed E-state index contributed by atoms with van der Waals surface area (Å²) in [6.07, 6.45) is 2.22. The van der Waals surface area contributed by atoms with Crippen LogP contribution >= 0.6 is 0 Å². The van der Waals surface area contributed by atoms with Gasteiger partial charge in [0.1, 0.15) is 5.75 Å². The number of hydrogen-bond acceptors (Lipinski definition) is 5. The summed E-state index contributed by atoms with van der Waals surface area (Å²) < 4.78 is 0. The van der Waals surface area contributed by atoms with Crippen LogP contribution in [0.25, 0.3) is 0 Å². The van der Waals surface area contributed by atoms with Gasteiger partial charge in [-0.2, -0.15) is 0 Å². The molecule has 2 saturated heterocycles. The van der Waals surface area contributed by atoms with Crippen molar-refractivity contribution < 1.29 is 14.7 Å². The van der Waals surface area contributed by atoms with E-state index in [0.29, 0.717) is 24.3 Å². The van der Waals surface area contributed by atoms with Crippen molar-refractivity contribution in [3.8, 4) is 5.75 Å². The van der Waals surface area contributed by atoms with Crippen LogP contribution in [-0.4, -0.2) is 59.4 Å². The molecule has 2 heterocycles. The quantitative estimate of drug-likeness (QED) is 0.810. The first-order valence-corrected chi connectivity index (χ1v) is 10.3. The van der Waals surface area contributed by atoms with Crippen LogP contribution in [0.3, 0.4) is 0 Å². The Hall–Kier alpha value is -2.86. The Morgan fingerprint density at radius 2 is 1.72 bits per heavy atom. The number of nitrogens with zero attached hydrogens (tertiary/aromatic N) is 3. The lowest BCUT2D eigenvalue weighted by atomic mass is 10.1. The van der Waals surface area contributed by atoms with Crippen LogP contribution in [0, 0.1) is 0 Å². The number of piperidine rings is 1. The van der Waals surface area contributed by atoms with E-state index in [-0.39, 0.29) is 11.8 Å². The molecule has 0 radical (unpaired) electrons. The van der Waals surface area contributed by atoms with E-state index in [1.165, 1.54) is 4.90 Å². The number of aromatic hydroxyl groups is 1. The molecule has 2 fully saturated rings. The normalized spacial score (nSPS) is 18.1. The van der Waals surface area contributed by atoms with E-state index in [4.69, 9.17) is 0 Å². The average Bonchev–Trinajstić information content (AvgIpc) is 2.75. The Kier molecular flexibility index (Phi) is 5.81. The maximum Gasteiger partial charge on any atom is 0.260 e. The Morgan fingerprint density at radius 1 is 0.931 bits per heavy atom. The lowest BCUT2D eigenvalue weighted by Gasteiger charge is -2.36. The molecule has 6 nitrogen and oxygen atoms in total. The summed E-state index contributed by atoms with van der Waals surface area (Å²) in [5, 5.41) is 10.1. The number of imide groups is 1. The highest BCUT2D eigenvalue weighted by molar-refractivity contribution is 6.05. The molecular formula is C23H27N3O3. The molecule has 0 atom stereocenters. The highest BCUT2D eigenvalue weighted by Gasteiger charge is 2.25. The number of amides is 2. The third-order valence-electron chi connectivity index (χ3n) is 5.74. The number of phenols is 1. The first kappa shape index (κ1) is 19.5. The molecule has 6 heteroatoms. The number of carbonyl (C=O) groups is 2. The van der Waals surface area contributed by atoms with Gasteiger partial charge in [-0.1, -0.05) is 24.3 Å². The van der Waals surface area contributed by atoms with E-state index in [9.17, 15) is 14.7 Å². The van der Waals surface area contributed by atoms with Crippen molar-refractivity contribution in [2.75, 3.05) is 37.6 Å². The maximum absolute atomic E-state index is 12.7. The first-order chi connectivity index (χ1) is 14.1. The zero-order valence-corrected chi connectivity index (χ0v) is 16.6. The van der Waals surface area contributed by atoms with Crippen molar-refractivity contribution >= 4 is 17.5 Å². The summed E-state index contributed by atoms with van der Waals surface area (Å²) >= 11 is 0. The lowest BCUT2D eigenvalue weighted by Crippen LogP contribution is -2.46. The maximum atomic E-state index is 12.7. The zero-order valence-electron chi connectivity index (χ0n) is 16.6. The first-order valence-electron chi connectivity index (χ1n) is 10.3. The predicted molar refractivity (Wildman–Crippen MR) is 112 cm³/mol. The van der Waals surface area contributed by atoms with Crippen LogP contribution in [-0.2, 0) is 11.3 Å². The molecule has 0 aliphatic carbocycles. The van der Waals surface area contributed by atoms with Crippen molar-refractivity contribution in [2.24, 2.45) is 0 Å². The van der Waals surface area contributed by atoms with Crippen LogP contribution in [0.15, 0.2) is 48.5 Å². The molecule has 29 heavy (non-hydrogen) atoms. The van der Waals surface area contributed by atoms with Gasteiger partial charge in [-0.3, -0.25) is 19.4 Å². The lowest BCUT2D eigenvalue weighted by molar-refractivity contribution is -0.130.